The number of methoxy groups -OCH3 is 1. The van der Waals surface area contributed by atoms with Gasteiger partial charge in [-0.3, -0.25) is 4.57 Å². The maximum Gasteiger partial charge on any atom is 0.337 e. The summed E-state index contributed by atoms with van der Waals surface area (Å²) in [4.78, 5) is 15.2. The molecule has 4 rings (SSSR count). The van der Waals surface area contributed by atoms with Crippen LogP contribution >= 0.6 is 12.2 Å². The van der Waals surface area contributed by atoms with Crippen LogP contribution in [0.15, 0.2) is 30.3 Å². The van der Waals surface area contributed by atoms with Gasteiger partial charge in [0.05, 0.1) is 29.4 Å². The van der Waals surface area contributed by atoms with Crippen molar-refractivity contribution in [3.8, 4) is 5.69 Å². The van der Waals surface area contributed by atoms with Crippen LogP contribution in [0.25, 0.3) is 16.7 Å². The molecule has 1 aliphatic rings. The average Bonchev–Trinajstić information content (AvgIpc) is 2.99. The highest BCUT2D eigenvalue weighted by Crippen LogP contribution is 2.47. The van der Waals surface area contributed by atoms with Crippen molar-refractivity contribution in [3.63, 3.8) is 0 Å². The van der Waals surface area contributed by atoms with Crippen LogP contribution in [-0.2, 0) is 15.6 Å². The van der Waals surface area contributed by atoms with Gasteiger partial charge in [-0.05, 0) is 83.8 Å². The highest BCUT2D eigenvalue weighted by molar-refractivity contribution is 7.71. The number of nitrogens with one attached hydrogen (secondary N) is 1. The number of esters is 1. The number of aryl methyl sites for hydroxylation is 1. The van der Waals surface area contributed by atoms with Crippen LogP contribution in [0.5, 0.6) is 0 Å². The molecule has 0 saturated heterocycles. The maximum absolute atomic E-state index is 11.9. The van der Waals surface area contributed by atoms with Gasteiger partial charge in [0.25, 0.3) is 0 Å². The fourth-order valence-corrected chi connectivity index (χ4v) is 4.85. The summed E-state index contributed by atoms with van der Waals surface area (Å²) >= 11 is 5.68. The number of aromatic nitrogens is 2. The number of hydrogen-bond acceptors (Lipinski definition) is 3. The minimum Gasteiger partial charge on any atom is -0.465 e. The molecule has 1 N–H and O–H groups in total. The van der Waals surface area contributed by atoms with Crippen molar-refractivity contribution >= 4 is 29.2 Å². The predicted octanol–water partition coefficient (Wildman–Crippen LogP) is 6.13. The van der Waals surface area contributed by atoms with Gasteiger partial charge in [-0.15, -0.1) is 0 Å². The third kappa shape index (κ3) is 3.12. The van der Waals surface area contributed by atoms with E-state index in [9.17, 15) is 4.79 Å². The first-order valence-corrected chi connectivity index (χ1v) is 10.4. The van der Waals surface area contributed by atoms with Gasteiger partial charge in [0.2, 0.25) is 0 Å². The molecule has 0 aliphatic heterocycles. The van der Waals surface area contributed by atoms with E-state index < -0.39 is 0 Å². The molecule has 0 atom stereocenters. The molecular weight excluding hydrogens is 380 g/mol. The lowest BCUT2D eigenvalue weighted by molar-refractivity contribution is 0.0601. The van der Waals surface area contributed by atoms with Crippen molar-refractivity contribution in [2.75, 3.05) is 7.11 Å². The molecule has 0 bridgehead atoms. The zero-order valence-corrected chi connectivity index (χ0v) is 18.8. The molecule has 0 radical (unpaired) electrons. The van der Waals surface area contributed by atoms with E-state index in [0.29, 0.717) is 10.3 Å². The molecule has 0 spiro atoms. The fourth-order valence-electron chi connectivity index (χ4n) is 4.55. The van der Waals surface area contributed by atoms with Crippen molar-refractivity contribution < 1.29 is 9.53 Å². The number of imidazole rings is 1. The highest BCUT2D eigenvalue weighted by Gasteiger charge is 2.37. The molecular formula is C24H28N2O2S. The number of benzene rings is 2. The Bertz CT molecular complexity index is 1200. The van der Waals surface area contributed by atoms with E-state index in [4.69, 9.17) is 17.0 Å². The first kappa shape index (κ1) is 19.9. The van der Waals surface area contributed by atoms with Crippen molar-refractivity contribution in [3.05, 3.63) is 57.4 Å². The van der Waals surface area contributed by atoms with E-state index in [2.05, 4.69) is 56.3 Å². The lowest BCUT2D eigenvalue weighted by Gasteiger charge is -2.42. The standard InChI is InChI=1S/C24H28N2O2S/c1-14-11-16-17(24(4,5)10-9-23(16,2)3)13-20(14)26-19-8-7-15(21(27)28-6)12-18(19)25-22(26)29/h7-8,11-13H,9-10H2,1-6H3,(H,25,29). The molecule has 0 saturated carbocycles. The number of nitrogens with zero attached hydrogens (tertiary/aromatic N) is 1. The molecule has 1 aliphatic carbocycles. The molecule has 2 aromatic carbocycles. The van der Waals surface area contributed by atoms with Gasteiger partial charge in [0.15, 0.2) is 4.77 Å². The second kappa shape index (κ2) is 6.56. The summed E-state index contributed by atoms with van der Waals surface area (Å²) in [5.74, 6) is -0.354. The highest BCUT2D eigenvalue weighted by atomic mass is 32.1. The Hall–Kier alpha value is -2.40. The first-order chi connectivity index (χ1) is 13.5. The monoisotopic (exact) mass is 408 g/mol. The number of ether oxygens (including phenoxy) is 1. The summed E-state index contributed by atoms with van der Waals surface area (Å²) in [7, 11) is 1.39. The van der Waals surface area contributed by atoms with Crippen LogP contribution in [-0.4, -0.2) is 22.6 Å². The van der Waals surface area contributed by atoms with Crippen molar-refractivity contribution in [1.82, 2.24) is 9.55 Å². The van der Waals surface area contributed by atoms with Crippen molar-refractivity contribution in [1.29, 1.82) is 0 Å². The summed E-state index contributed by atoms with van der Waals surface area (Å²) in [6, 6.07) is 10.2. The largest absolute Gasteiger partial charge is 0.465 e. The zero-order chi connectivity index (χ0) is 21.1. The van der Waals surface area contributed by atoms with Gasteiger partial charge >= 0.3 is 5.97 Å². The SMILES string of the molecule is COC(=O)c1ccc2c(c1)[nH]c(=S)n2-c1cc2c(cc1C)C(C)(C)CCC2(C)C. The summed E-state index contributed by atoms with van der Waals surface area (Å²) in [5.41, 5.74) is 7.72. The Morgan fingerprint density at radius 2 is 1.69 bits per heavy atom. The van der Waals surface area contributed by atoms with Crippen LogP contribution < -0.4 is 0 Å². The first-order valence-electron chi connectivity index (χ1n) is 10.0. The Balaban J connectivity index is 1.96. The molecule has 1 aromatic heterocycles. The third-order valence-corrected chi connectivity index (χ3v) is 6.80. The Morgan fingerprint density at radius 1 is 1.07 bits per heavy atom. The normalized spacial score (nSPS) is 17.2. The molecule has 0 unspecified atom stereocenters. The van der Waals surface area contributed by atoms with Crippen LogP contribution in [0, 0.1) is 11.7 Å². The fraction of sp³-hybridized carbons (Fsp3) is 0.417. The zero-order valence-electron chi connectivity index (χ0n) is 18.0. The van der Waals surface area contributed by atoms with Gasteiger partial charge in [0.1, 0.15) is 0 Å². The van der Waals surface area contributed by atoms with Gasteiger partial charge < -0.3 is 9.72 Å². The Morgan fingerprint density at radius 3 is 2.31 bits per heavy atom. The van der Waals surface area contributed by atoms with E-state index in [1.165, 1.54) is 30.2 Å². The molecule has 5 heteroatoms. The van der Waals surface area contributed by atoms with Crippen LogP contribution in [0.2, 0.25) is 0 Å². The second-order valence-electron chi connectivity index (χ2n) is 9.44. The minimum absolute atomic E-state index is 0.125. The summed E-state index contributed by atoms with van der Waals surface area (Å²) in [6.45, 7) is 11.5. The van der Waals surface area contributed by atoms with Crippen molar-refractivity contribution in [2.24, 2.45) is 0 Å². The minimum atomic E-state index is -0.354. The molecule has 1 heterocycles. The summed E-state index contributed by atoms with van der Waals surface area (Å²) in [6.07, 6.45) is 2.35. The van der Waals surface area contributed by atoms with E-state index in [0.717, 1.165) is 23.1 Å². The van der Waals surface area contributed by atoms with E-state index >= 15 is 0 Å². The van der Waals surface area contributed by atoms with Crippen LogP contribution in [0.4, 0.5) is 0 Å². The smallest absolute Gasteiger partial charge is 0.337 e. The van der Waals surface area contributed by atoms with Crippen LogP contribution in [0.3, 0.4) is 0 Å². The number of H-pyrrole nitrogens is 1. The lowest BCUT2D eigenvalue weighted by Crippen LogP contribution is -2.34. The van der Waals surface area contributed by atoms with Gasteiger partial charge in [-0.1, -0.05) is 33.8 Å². The third-order valence-electron chi connectivity index (χ3n) is 6.51. The maximum atomic E-state index is 11.9. The number of carbonyl (C=O) groups is 1. The molecule has 0 fully saturated rings. The average molecular weight is 409 g/mol. The van der Waals surface area contributed by atoms with E-state index in [1.54, 1.807) is 12.1 Å². The van der Waals surface area contributed by atoms with Crippen molar-refractivity contribution in [2.45, 2.75) is 58.3 Å². The predicted molar refractivity (Wildman–Crippen MR) is 120 cm³/mol. The van der Waals surface area contributed by atoms with Gasteiger partial charge in [0, 0.05) is 0 Å². The topological polar surface area (TPSA) is 47.0 Å². The van der Waals surface area contributed by atoms with Gasteiger partial charge in [-0.2, -0.15) is 0 Å². The summed E-state index contributed by atoms with van der Waals surface area (Å²) in [5, 5.41) is 0. The second-order valence-corrected chi connectivity index (χ2v) is 9.83. The number of hydrogen-bond donors (Lipinski definition) is 1. The van der Waals surface area contributed by atoms with E-state index in [-0.39, 0.29) is 16.8 Å². The summed E-state index contributed by atoms with van der Waals surface area (Å²) < 4.78 is 7.55. The lowest BCUT2D eigenvalue weighted by atomic mass is 9.63. The molecule has 4 nitrogen and oxygen atoms in total. The molecule has 0 amide bonds. The quantitative estimate of drug-likeness (QED) is 0.410. The number of aromatic amines is 1. The Labute approximate surface area is 176 Å². The van der Waals surface area contributed by atoms with Crippen LogP contribution in [0.1, 0.15) is 67.6 Å². The Kier molecular flexibility index (Phi) is 4.50. The van der Waals surface area contributed by atoms with Gasteiger partial charge in [-0.25, -0.2) is 4.79 Å². The molecule has 152 valence electrons. The molecule has 29 heavy (non-hydrogen) atoms. The van der Waals surface area contributed by atoms with E-state index in [1.807, 2.05) is 6.07 Å². The number of carbonyl (C=O) groups excluding carboxylic acids is 1. The molecule has 3 aromatic rings. The number of rotatable bonds is 2. The number of fused-ring (bicyclic) bond motifs is 2.